The molecule has 22 heavy (non-hydrogen) atoms. The molecule has 0 radical (unpaired) electrons. The number of nitrogens with zero attached hydrogens (tertiary/aromatic N) is 1. The van der Waals surface area contributed by atoms with Gasteiger partial charge in [0.15, 0.2) is 0 Å². The number of hydrogen-bond acceptors (Lipinski definition) is 5. The molecule has 7 nitrogen and oxygen atoms in total. The molecule has 0 bridgehead atoms. The molecule has 0 saturated carbocycles. The standard InChI is InChI=1S/C15H13NO6/c1-21-11-4-6-12(7-5-11)22-13-3-2-10(8-15(17)18)14(9-13)16(19)20/h2-7,9H,8H2,1H3,(H,17,18). The number of carboxylic acids is 1. The molecule has 0 aliphatic heterocycles. The van der Waals surface area contributed by atoms with Crippen molar-refractivity contribution < 1.29 is 24.3 Å². The number of nitro benzene ring substituents is 1. The molecule has 0 aliphatic rings. The molecule has 0 aromatic heterocycles. The van der Waals surface area contributed by atoms with Crippen LogP contribution in [0.3, 0.4) is 0 Å². The molecule has 2 aromatic rings. The van der Waals surface area contributed by atoms with Gasteiger partial charge in [-0.2, -0.15) is 0 Å². The highest BCUT2D eigenvalue weighted by atomic mass is 16.6. The highest BCUT2D eigenvalue weighted by molar-refractivity contribution is 5.72. The van der Waals surface area contributed by atoms with E-state index in [0.29, 0.717) is 11.5 Å². The Morgan fingerprint density at radius 2 is 1.73 bits per heavy atom. The van der Waals surface area contributed by atoms with Crippen LogP contribution in [0, 0.1) is 10.1 Å². The molecule has 1 N–H and O–H groups in total. The van der Waals surface area contributed by atoms with Gasteiger partial charge < -0.3 is 14.6 Å². The van der Waals surface area contributed by atoms with Gasteiger partial charge in [0.25, 0.3) is 5.69 Å². The molecule has 0 heterocycles. The molecule has 0 atom stereocenters. The van der Waals surface area contributed by atoms with Crippen LogP contribution in [0.4, 0.5) is 5.69 Å². The molecule has 0 spiro atoms. The topological polar surface area (TPSA) is 98.9 Å². The number of carbonyl (C=O) groups is 1. The fourth-order valence-corrected chi connectivity index (χ4v) is 1.87. The van der Waals surface area contributed by atoms with Gasteiger partial charge in [0.1, 0.15) is 17.2 Å². The Labute approximate surface area is 125 Å². The first-order valence-corrected chi connectivity index (χ1v) is 6.30. The van der Waals surface area contributed by atoms with E-state index in [4.69, 9.17) is 14.6 Å². The minimum absolute atomic E-state index is 0.125. The summed E-state index contributed by atoms with van der Waals surface area (Å²) >= 11 is 0. The smallest absolute Gasteiger partial charge is 0.308 e. The van der Waals surface area contributed by atoms with Crippen molar-refractivity contribution in [2.45, 2.75) is 6.42 Å². The van der Waals surface area contributed by atoms with Gasteiger partial charge >= 0.3 is 5.97 Å². The summed E-state index contributed by atoms with van der Waals surface area (Å²) in [4.78, 5) is 21.1. The van der Waals surface area contributed by atoms with E-state index in [1.54, 1.807) is 31.4 Å². The van der Waals surface area contributed by atoms with Crippen molar-refractivity contribution in [3.8, 4) is 17.2 Å². The van der Waals surface area contributed by atoms with Gasteiger partial charge in [0, 0.05) is 5.56 Å². The molecule has 0 aliphatic carbocycles. The van der Waals surface area contributed by atoms with Crippen LogP contribution < -0.4 is 9.47 Å². The zero-order valence-corrected chi connectivity index (χ0v) is 11.7. The number of rotatable bonds is 6. The number of benzene rings is 2. The number of hydrogen-bond donors (Lipinski definition) is 1. The lowest BCUT2D eigenvalue weighted by molar-refractivity contribution is -0.385. The quantitative estimate of drug-likeness (QED) is 0.650. The fourth-order valence-electron chi connectivity index (χ4n) is 1.87. The largest absolute Gasteiger partial charge is 0.497 e. The van der Waals surface area contributed by atoms with Crippen molar-refractivity contribution in [3.05, 3.63) is 58.1 Å². The van der Waals surface area contributed by atoms with E-state index in [1.807, 2.05) is 0 Å². The van der Waals surface area contributed by atoms with Crippen LogP contribution in [-0.4, -0.2) is 23.1 Å². The summed E-state index contributed by atoms with van der Waals surface area (Å²) in [6.45, 7) is 0. The third-order valence-electron chi connectivity index (χ3n) is 2.89. The number of methoxy groups -OCH3 is 1. The van der Waals surface area contributed by atoms with Crippen LogP contribution in [0.25, 0.3) is 0 Å². The van der Waals surface area contributed by atoms with E-state index < -0.39 is 17.3 Å². The average Bonchev–Trinajstić information content (AvgIpc) is 2.49. The summed E-state index contributed by atoms with van der Waals surface area (Å²) in [5.41, 5.74) is -0.159. The SMILES string of the molecule is COc1ccc(Oc2ccc(CC(=O)O)c([N+](=O)[O-])c2)cc1. The highest BCUT2D eigenvalue weighted by Crippen LogP contribution is 2.29. The van der Waals surface area contributed by atoms with E-state index in [2.05, 4.69) is 0 Å². The normalized spacial score (nSPS) is 10.0. The molecule has 0 amide bonds. The molecular weight excluding hydrogens is 290 g/mol. The third kappa shape index (κ3) is 3.72. The van der Waals surface area contributed by atoms with E-state index >= 15 is 0 Å². The first-order chi connectivity index (χ1) is 10.5. The number of ether oxygens (including phenoxy) is 2. The van der Waals surface area contributed by atoms with E-state index in [9.17, 15) is 14.9 Å². The molecular formula is C15H13NO6. The highest BCUT2D eigenvalue weighted by Gasteiger charge is 2.17. The molecule has 7 heteroatoms. The number of nitro groups is 1. The summed E-state index contributed by atoms with van der Waals surface area (Å²) in [6, 6.07) is 10.8. The second-order valence-corrected chi connectivity index (χ2v) is 4.40. The number of aliphatic carboxylic acids is 1. The van der Waals surface area contributed by atoms with Gasteiger partial charge in [-0.15, -0.1) is 0 Å². The summed E-state index contributed by atoms with van der Waals surface area (Å²) < 4.78 is 10.5. The lowest BCUT2D eigenvalue weighted by atomic mass is 10.1. The summed E-state index contributed by atoms with van der Waals surface area (Å²) in [5.74, 6) is 0.272. The van der Waals surface area contributed by atoms with Crippen molar-refractivity contribution in [1.29, 1.82) is 0 Å². The minimum atomic E-state index is -1.13. The Bertz CT molecular complexity index is 696. The van der Waals surface area contributed by atoms with E-state index in [1.165, 1.54) is 18.2 Å². The van der Waals surface area contributed by atoms with Crippen molar-refractivity contribution >= 4 is 11.7 Å². The first-order valence-electron chi connectivity index (χ1n) is 6.30. The monoisotopic (exact) mass is 303 g/mol. The Morgan fingerprint density at radius 3 is 2.27 bits per heavy atom. The fraction of sp³-hybridized carbons (Fsp3) is 0.133. The van der Waals surface area contributed by atoms with Crippen LogP contribution in [0.2, 0.25) is 0 Å². The predicted molar refractivity (Wildman–Crippen MR) is 77.5 cm³/mol. The van der Waals surface area contributed by atoms with E-state index in [-0.39, 0.29) is 17.0 Å². The van der Waals surface area contributed by atoms with Crippen LogP contribution in [0.1, 0.15) is 5.56 Å². The molecule has 0 saturated heterocycles. The molecule has 2 aromatic carbocycles. The van der Waals surface area contributed by atoms with Gasteiger partial charge in [-0.05, 0) is 36.4 Å². The van der Waals surface area contributed by atoms with Gasteiger partial charge in [-0.3, -0.25) is 14.9 Å². The van der Waals surface area contributed by atoms with Crippen LogP contribution >= 0.6 is 0 Å². The molecule has 0 fully saturated rings. The van der Waals surface area contributed by atoms with Gasteiger partial charge in [0.2, 0.25) is 0 Å². The van der Waals surface area contributed by atoms with Crippen molar-refractivity contribution in [2.24, 2.45) is 0 Å². The minimum Gasteiger partial charge on any atom is -0.497 e. The van der Waals surface area contributed by atoms with Crippen molar-refractivity contribution in [1.82, 2.24) is 0 Å². The average molecular weight is 303 g/mol. The van der Waals surface area contributed by atoms with Crippen LogP contribution in [0.5, 0.6) is 17.2 Å². The molecule has 0 unspecified atom stereocenters. The first kappa shape index (κ1) is 15.3. The Morgan fingerprint density at radius 1 is 1.14 bits per heavy atom. The second-order valence-electron chi connectivity index (χ2n) is 4.40. The van der Waals surface area contributed by atoms with Crippen molar-refractivity contribution in [3.63, 3.8) is 0 Å². The maximum Gasteiger partial charge on any atom is 0.308 e. The predicted octanol–water partition coefficient (Wildman–Crippen LogP) is 3.02. The Balaban J connectivity index is 2.25. The zero-order chi connectivity index (χ0) is 16.1. The van der Waals surface area contributed by atoms with Crippen molar-refractivity contribution in [2.75, 3.05) is 7.11 Å². The van der Waals surface area contributed by atoms with Gasteiger partial charge in [-0.1, -0.05) is 0 Å². The van der Waals surface area contributed by atoms with Crippen LogP contribution in [-0.2, 0) is 11.2 Å². The summed E-state index contributed by atoms with van der Waals surface area (Å²) in [6.07, 6.45) is -0.418. The molecule has 2 rings (SSSR count). The third-order valence-corrected chi connectivity index (χ3v) is 2.89. The number of carboxylic acid groups (broad SMARTS) is 1. The summed E-state index contributed by atoms with van der Waals surface area (Å²) in [5, 5.41) is 19.8. The summed E-state index contributed by atoms with van der Waals surface area (Å²) in [7, 11) is 1.54. The van der Waals surface area contributed by atoms with Gasteiger partial charge in [0.05, 0.1) is 24.5 Å². The lowest BCUT2D eigenvalue weighted by Gasteiger charge is -2.08. The zero-order valence-electron chi connectivity index (χ0n) is 11.7. The molecule has 114 valence electrons. The lowest BCUT2D eigenvalue weighted by Crippen LogP contribution is -2.03. The van der Waals surface area contributed by atoms with Gasteiger partial charge in [-0.25, -0.2) is 0 Å². The second kappa shape index (κ2) is 6.57. The Hall–Kier alpha value is -3.09. The van der Waals surface area contributed by atoms with E-state index in [0.717, 1.165) is 0 Å². The Kier molecular flexibility index (Phi) is 4.57. The van der Waals surface area contributed by atoms with Crippen LogP contribution in [0.15, 0.2) is 42.5 Å². The maximum atomic E-state index is 11.0. The maximum absolute atomic E-state index is 11.0.